The summed E-state index contributed by atoms with van der Waals surface area (Å²) in [6, 6.07) is 8.57. The lowest BCUT2D eigenvalue weighted by Crippen LogP contribution is -2.31. The van der Waals surface area contributed by atoms with Gasteiger partial charge in [-0.25, -0.2) is 0 Å². The predicted molar refractivity (Wildman–Crippen MR) is 84.7 cm³/mol. The molecule has 2 aromatic rings. The van der Waals surface area contributed by atoms with E-state index in [0.717, 1.165) is 22.4 Å². The lowest BCUT2D eigenvalue weighted by atomic mass is 10.1. The van der Waals surface area contributed by atoms with Gasteiger partial charge in [0.05, 0.1) is 0 Å². The Morgan fingerprint density at radius 2 is 1.76 bits per heavy atom. The van der Waals surface area contributed by atoms with Gasteiger partial charge in [0.2, 0.25) is 5.91 Å². The molecule has 0 aliphatic carbocycles. The molecule has 0 aliphatic rings. The summed E-state index contributed by atoms with van der Waals surface area (Å²) in [6.07, 6.45) is 1.70. The molecule has 1 atom stereocenters. The summed E-state index contributed by atoms with van der Waals surface area (Å²) in [6.45, 7) is 7.54. The normalized spacial score (nSPS) is 12.0. The number of aromatic nitrogens is 1. The Morgan fingerprint density at radius 3 is 2.48 bits per heavy atom. The van der Waals surface area contributed by atoms with E-state index >= 15 is 0 Å². The van der Waals surface area contributed by atoms with E-state index in [0.29, 0.717) is 0 Å². The molecule has 1 aromatic carbocycles. The van der Waals surface area contributed by atoms with Crippen LogP contribution in [0, 0.1) is 20.8 Å². The van der Waals surface area contributed by atoms with E-state index in [1.807, 2.05) is 39.0 Å². The number of aryl methyl sites for hydroxylation is 3. The SMILES string of the molecule is Cc1ccc(C)c(NC(=O)C(C)n2cc(C)ccc2=O)c1. The first-order chi connectivity index (χ1) is 9.88. The van der Waals surface area contributed by atoms with Gasteiger partial charge in [-0.3, -0.25) is 9.59 Å². The van der Waals surface area contributed by atoms with E-state index in [2.05, 4.69) is 5.32 Å². The highest BCUT2D eigenvalue weighted by Crippen LogP contribution is 2.18. The zero-order valence-corrected chi connectivity index (χ0v) is 12.8. The highest BCUT2D eigenvalue weighted by Gasteiger charge is 2.16. The molecule has 1 N–H and O–H groups in total. The van der Waals surface area contributed by atoms with Crippen molar-refractivity contribution in [3.63, 3.8) is 0 Å². The average molecular weight is 284 g/mol. The van der Waals surface area contributed by atoms with Crippen LogP contribution < -0.4 is 10.9 Å². The van der Waals surface area contributed by atoms with Gasteiger partial charge >= 0.3 is 0 Å². The summed E-state index contributed by atoms with van der Waals surface area (Å²) in [5.74, 6) is -0.198. The number of nitrogens with one attached hydrogen (secondary N) is 1. The number of rotatable bonds is 3. The van der Waals surface area contributed by atoms with Crippen LogP contribution in [0.25, 0.3) is 0 Å². The quantitative estimate of drug-likeness (QED) is 0.942. The maximum atomic E-state index is 12.4. The molecule has 0 radical (unpaired) electrons. The Hall–Kier alpha value is -2.36. The van der Waals surface area contributed by atoms with Crippen LogP contribution >= 0.6 is 0 Å². The molecule has 0 saturated heterocycles. The van der Waals surface area contributed by atoms with Crippen molar-refractivity contribution in [3.8, 4) is 0 Å². The molecule has 0 spiro atoms. The third-order valence-electron chi connectivity index (χ3n) is 3.53. The smallest absolute Gasteiger partial charge is 0.251 e. The molecule has 1 amide bonds. The minimum absolute atomic E-state index is 0.177. The first-order valence-corrected chi connectivity index (χ1v) is 6.95. The van der Waals surface area contributed by atoms with Gasteiger partial charge < -0.3 is 9.88 Å². The first kappa shape index (κ1) is 15.0. The summed E-state index contributed by atoms with van der Waals surface area (Å²) >= 11 is 0. The van der Waals surface area contributed by atoms with E-state index < -0.39 is 6.04 Å². The van der Waals surface area contributed by atoms with E-state index in [4.69, 9.17) is 0 Å². The Bertz CT molecular complexity index is 732. The van der Waals surface area contributed by atoms with Crippen LogP contribution in [-0.2, 0) is 4.79 Å². The van der Waals surface area contributed by atoms with Gasteiger partial charge in [-0.2, -0.15) is 0 Å². The molecule has 0 fully saturated rings. The minimum atomic E-state index is -0.558. The highest BCUT2D eigenvalue weighted by molar-refractivity contribution is 5.94. The van der Waals surface area contributed by atoms with Crippen molar-refractivity contribution >= 4 is 11.6 Å². The number of carbonyl (C=O) groups is 1. The van der Waals surface area contributed by atoms with Crippen molar-refractivity contribution in [2.45, 2.75) is 33.7 Å². The maximum Gasteiger partial charge on any atom is 0.251 e. The Labute approximate surface area is 124 Å². The lowest BCUT2D eigenvalue weighted by molar-refractivity contribution is -0.118. The molecule has 1 unspecified atom stereocenters. The number of pyridine rings is 1. The fourth-order valence-electron chi connectivity index (χ4n) is 2.15. The molecule has 0 bridgehead atoms. The molecule has 1 heterocycles. The fourth-order valence-corrected chi connectivity index (χ4v) is 2.15. The second kappa shape index (κ2) is 5.95. The predicted octanol–water partition coefficient (Wildman–Crippen LogP) is 2.97. The van der Waals surface area contributed by atoms with Crippen molar-refractivity contribution in [1.82, 2.24) is 4.57 Å². The second-order valence-electron chi connectivity index (χ2n) is 5.44. The van der Waals surface area contributed by atoms with E-state index in [-0.39, 0.29) is 11.5 Å². The summed E-state index contributed by atoms with van der Waals surface area (Å²) in [7, 11) is 0. The highest BCUT2D eigenvalue weighted by atomic mass is 16.2. The Kier molecular flexibility index (Phi) is 4.26. The van der Waals surface area contributed by atoms with Gasteiger partial charge in [-0.15, -0.1) is 0 Å². The van der Waals surface area contributed by atoms with Crippen LogP contribution in [0.5, 0.6) is 0 Å². The van der Waals surface area contributed by atoms with E-state index in [1.165, 1.54) is 10.6 Å². The summed E-state index contributed by atoms with van der Waals surface area (Å²) in [4.78, 5) is 24.2. The van der Waals surface area contributed by atoms with Crippen LogP contribution in [0.4, 0.5) is 5.69 Å². The molecule has 4 nitrogen and oxygen atoms in total. The molecule has 0 aliphatic heterocycles. The molecular formula is C17H20N2O2. The van der Waals surface area contributed by atoms with Crippen molar-refractivity contribution in [1.29, 1.82) is 0 Å². The van der Waals surface area contributed by atoms with Crippen molar-refractivity contribution in [3.05, 3.63) is 63.6 Å². The van der Waals surface area contributed by atoms with Crippen molar-refractivity contribution in [2.24, 2.45) is 0 Å². The van der Waals surface area contributed by atoms with Gasteiger partial charge in [-0.1, -0.05) is 18.2 Å². The van der Waals surface area contributed by atoms with Gasteiger partial charge in [0.15, 0.2) is 0 Å². The van der Waals surface area contributed by atoms with Gasteiger partial charge in [0, 0.05) is 18.0 Å². The molecule has 110 valence electrons. The third kappa shape index (κ3) is 3.40. The largest absolute Gasteiger partial charge is 0.324 e. The van der Waals surface area contributed by atoms with Gasteiger partial charge in [0.1, 0.15) is 6.04 Å². The van der Waals surface area contributed by atoms with E-state index in [9.17, 15) is 9.59 Å². The maximum absolute atomic E-state index is 12.4. The third-order valence-corrected chi connectivity index (χ3v) is 3.53. The van der Waals surface area contributed by atoms with Crippen molar-refractivity contribution < 1.29 is 4.79 Å². The van der Waals surface area contributed by atoms with Crippen LogP contribution in [0.1, 0.15) is 29.7 Å². The number of amides is 1. The number of hydrogen-bond donors (Lipinski definition) is 1. The number of benzene rings is 1. The van der Waals surface area contributed by atoms with Crippen LogP contribution in [0.2, 0.25) is 0 Å². The van der Waals surface area contributed by atoms with Crippen LogP contribution in [0.3, 0.4) is 0 Å². The number of anilines is 1. The first-order valence-electron chi connectivity index (χ1n) is 6.95. The minimum Gasteiger partial charge on any atom is -0.324 e. The standard InChI is InChI=1S/C17H20N2O2/c1-11-5-7-13(3)15(9-11)18-17(21)14(4)19-10-12(2)6-8-16(19)20/h5-10,14H,1-4H3,(H,18,21). The molecule has 21 heavy (non-hydrogen) atoms. The summed E-state index contributed by atoms with van der Waals surface area (Å²) < 4.78 is 1.45. The number of carbonyl (C=O) groups excluding carboxylic acids is 1. The Morgan fingerprint density at radius 1 is 1.10 bits per heavy atom. The molecule has 1 aromatic heterocycles. The number of hydrogen-bond acceptors (Lipinski definition) is 2. The van der Waals surface area contributed by atoms with Gasteiger partial charge in [-0.05, 0) is 50.5 Å². The molecule has 2 rings (SSSR count). The Balaban J connectivity index is 2.25. The van der Waals surface area contributed by atoms with E-state index in [1.54, 1.807) is 19.2 Å². The van der Waals surface area contributed by atoms with Gasteiger partial charge in [0.25, 0.3) is 5.56 Å². The summed E-state index contributed by atoms with van der Waals surface area (Å²) in [5.41, 5.74) is 3.63. The van der Waals surface area contributed by atoms with Crippen LogP contribution in [-0.4, -0.2) is 10.5 Å². The summed E-state index contributed by atoms with van der Waals surface area (Å²) in [5, 5.41) is 2.90. The van der Waals surface area contributed by atoms with Crippen molar-refractivity contribution in [2.75, 3.05) is 5.32 Å². The second-order valence-corrected chi connectivity index (χ2v) is 5.44. The fraction of sp³-hybridized carbons (Fsp3) is 0.294. The molecular weight excluding hydrogens is 264 g/mol. The average Bonchev–Trinajstić information content (AvgIpc) is 2.44. The number of nitrogens with zero attached hydrogens (tertiary/aromatic N) is 1. The van der Waals surface area contributed by atoms with Crippen LogP contribution in [0.15, 0.2) is 41.3 Å². The molecule has 0 saturated carbocycles. The topological polar surface area (TPSA) is 51.1 Å². The monoisotopic (exact) mass is 284 g/mol. The zero-order chi connectivity index (χ0) is 15.6. The lowest BCUT2D eigenvalue weighted by Gasteiger charge is -2.17. The molecule has 4 heteroatoms. The zero-order valence-electron chi connectivity index (χ0n) is 12.8.